The number of nitrogens with one attached hydrogen (secondary N) is 1. The summed E-state index contributed by atoms with van der Waals surface area (Å²) in [6.45, 7) is 0.378. The van der Waals surface area contributed by atoms with Crippen LogP contribution in [0, 0.1) is 0 Å². The number of carboxylic acids is 1. The second-order valence-electron chi connectivity index (χ2n) is 4.92. The van der Waals surface area contributed by atoms with Crippen molar-refractivity contribution in [2.75, 3.05) is 23.5 Å². The molecule has 1 aromatic carbocycles. The Hall–Kier alpha value is -1.89. The Labute approximate surface area is 125 Å². The number of hydrogen-bond donors (Lipinski definition) is 2. The van der Waals surface area contributed by atoms with Gasteiger partial charge in [0.25, 0.3) is 0 Å². The quantitative estimate of drug-likeness (QED) is 0.794. The molecule has 0 aliphatic carbocycles. The first kappa shape index (κ1) is 15.5. The standard InChI is InChI=1S/C14H18N2O4S/c1-21(20)8-4-7-15-14(19)16-11-6-3-2-5-10(11)9-12(16)13(17)18/h2-3,5-6,12H,4,7-9H2,1H3,(H,15,19)(H,17,18). The molecule has 6 nitrogen and oxygen atoms in total. The molecule has 1 aliphatic rings. The Morgan fingerprint density at radius 2 is 2.14 bits per heavy atom. The number of rotatable bonds is 5. The Balaban J connectivity index is 2.06. The molecule has 21 heavy (non-hydrogen) atoms. The number of urea groups is 1. The normalized spacial score (nSPS) is 18.1. The van der Waals surface area contributed by atoms with Crippen molar-refractivity contribution in [2.45, 2.75) is 18.9 Å². The molecule has 7 heteroatoms. The maximum atomic E-state index is 12.2. The van der Waals surface area contributed by atoms with E-state index in [0.717, 1.165) is 5.56 Å². The highest BCUT2D eigenvalue weighted by atomic mass is 32.2. The fourth-order valence-corrected chi connectivity index (χ4v) is 2.94. The van der Waals surface area contributed by atoms with Gasteiger partial charge >= 0.3 is 12.0 Å². The van der Waals surface area contributed by atoms with Crippen molar-refractivity contribution in [3.8, 4) is 0 Å². The van der Waals surface area contributed by atoms with E-state index < -0.39 is 28.8 Å². The lowest BCUT2D eigenvalue weighted by Gasteiger charge is -2.23. The van der Waals surface area contributed by atoms with E-state index in [1.807, 2.05) is 12.1 Å². The fourth-order valence-electron chi connectivity index (χ4n) is 2.39. The van der Waals surface area contributed by atoms with E-state index in [4.69, 9.17) is 0 Å². The SMILES string of the molecule is CS(=O)CCCNC(=O)N1c2ccccc2CC1C(=O)O. The van der Waals surface area contributed by atoms with Crippen LogP contribution in [0.15, 0.2) is 24.3 Å². The van der Waals surface area contributed by atoms with Gasteiger partial charge in [-0.15, -0.1) is 0 Å². The summed E-state index contributed by atoms with van der Waals surface area (Å²) in [7, 11) is -0.892. The van der Waals surface area contributed by atoms with Crippen molar-refractivity contribution >= 4 is 28.5 Å². The molecule has 0 spiro atoms. The number of aliphatic carboxylic acids is 1. The van der Waals surface area contributed by atoms with Gasteiger partial charge in [-0.25, -0.2) is 9.59 Å². The zero-order valence-corrected chi connectivity index (χ0v) is 12.6. The monoisotopic (exact) mass is 310 g/mol. The number of hydrogen-bond acceptors (Lipinski definition) is 3. The summed E-state index contributed by atoms with van der Waals surface area (Å²) in [4.78, 5) is 24.9. The highest BCUT2D eigenvalue weighted by Crippen LogP contribution is 2.32. The van der Waals surface area contributed by atoms with Crippen LogP contribution in [0.5, 0.6) is 0 Å². The number of para-hydroxylation sites is 1. The molecule has 1 heterocycles. The van der Waals surface area contributed by atoms with Crippen LogP contribution in [0.4, 0.5) is 10.5 Å². The van der Waals surface area contributed by atoms with Crippen LogP contribution >= 0.6 is 0 Å². The smallest absolute Gasteiger partial charge is 0.327 e. The summed E-state index contributed by atoms with van der Waals surface area (Å²) >= 11 is 0. The number of carbonyl (C=O) groups is 2. The molecule has 0 fully saturated rings. The minimum Gasteiger partial charge on any atom is -0.480 e. The zero-order valence-electron chi connectivity index (χ0n) is 11.7. The van der Waals surface area contributed by atoms with Crippen LogP contribution in [-0.4, -0.2) is 45.9 Å². The molecule has 2 rings (SSSR count). The van der Waals surface area contributed by atoms with Crippen molar-refractivity contribution in [1.82, 2.24) is 5.32 Å². The van der Waals surface area contributed by atoms with Crippen LogP contribution in [0.25, 0.3) is 0 Å². The van der Waals surface area contributed by atoms with Crippen molar-refractivity contribution in [3.63, 3.8) is 0 Å². The Morgan fingerprint density at radius 3 is 2.81 bits per heavy atom. The lowest BCUT2D eigenvalue weighted by Crippen LogP contribution is -2.48. The molecule has 0 aromatic heterocycles. The predicted molar refractivity (Wildman–Crippen MR) is 81.0 cm³/mol. The zero-order chi connectivity index (χ0) is 15.4. The number of benzene rings is 1. The van der Waals surface area contributed by atoms with Gasteiger partial charge in [0.1, 0.15) is 6.04 Å². The van der Waals surface area contributed by atoms with E-state index in [1.54, 1.807) is 18.4 Å². The first-order valence-electron chi connectivity index (χ1n) is 6.68. The Morgan fingerprint density at radius 1 is 1.43 bits per heavy atom. The molecule has 0 saturated heterocycles. The molecule has 114 valence electrons. The maximum absolute atomic E-state index is 12.2. The van der Waals surface area contributed by atoms with Crippen molar-refractivity contribution in [2.24, 2.45) is 0 Å². The Kier molecular flexibility index (Phi) is 4.95. The second-order valence-corrected chi connectivity index (χ2v) is 6.47. The largest absolute Gasteiger partial charge is 0.480 e. The van der Waals surface area contributed by atoms with E-state index in [9.17, 15) is 18.9 Å². The lowest BCUT2D eigenvalue weighted by atomic mass is 10.1. The number of carboxylic acid groups (broad SMARTS) is 1. The van der Waals surface area contributed by atoms with E-state index >= 15 is 0 Å². The molecular weight excluding hydrogens is 292 g/mol. The highest BCUT2D eigenvalue weighted by molar-refractivity contribution is 7.84. The van der Waals surface area contributed by atoms with Crippen molar-refractivity contribution in [1.29, 1.82) is 0 Å². The van der Waals surface area contributed by atoms with Gasteiger partial charge in [0, 0.05) is 41.5 Å². The number of anilines is 1. The van der Waals surface area contributed by atoms with Crippen LogP contribution in [0.2, 0.25) is 0 Å². The highest BCUT2D eigenvalue weighted by Gasteiger charge is 2.38. The Bertz CT molecular complexity index is 576. The molecule has 1 aliphatic heterocycles. The van der Waals surface area contributed by atoms with Gasteiger partial charge in [-0.05, 0) is 18.1 Å². The minimum atomic E-state index is -1.02. The average molecular weight is 310 g/mol. The van der Waals surface area contributed by atoms with Gasteiger partial charge in [0.05, 0.1) is 0 Å². The van der Waals surface area contributed by atoms with Gasteiger partial charge < -0.3 is 10.4 Å². The van der Waals surface area contributed by atoms with Crippen LogP contribution < -0.4 is 10.2 Å². The van der Waals surface area contributed by atoms with Gasteiger partial charge in [0.2, 0.25) is 0 Å². The molecule has 2 atom stereocenters. The van der Waals surface area contributed by atoms with Crippen LogP contribution in [0.1, 0.15) is 12.0 Å². The summed E-state index contributed by atoms with van der Waals surface area (Å²) < 4.78 is 11.0. The number of amides is 2. The molecule has 0 bridgehead atoms. The van der Waals surface area contributed by atoms with Gasteiger partial charge in [-0.2, -0.15) is 0 Å². The number of carbonyl (C=O) groups excluding carboxylic acids is 1. The molecule has 0 saturated carbocycles. The van der Waals surface area contributed by atoms with Gasteiger partial charge in [-0.3, -0.25) is 9.11 Å². The number of fused-ring (bicyclic) bond motifs is 1. The summed E-state index contributed by atoms with van der Waals surface area (Å²) in [6, 6.07) is 5.90. The first-order chi connectivity index (χ1) is 10.0. The summed E-state index contributed by atoms with van der Waals surface area (Å²) in [5.41, 5.74) is 1.50. The first-order valence-corrected chi connectivity index (χ1v) is 8.41. The third-order valence-corrected chi connectivity index (χ3v) is 4.23. The van der Waals surface area contributed by atoms with E-state index in [2.05, 4.69) is 5.32 Å². The molecule has 2 amide bonds. The number of nitrogens with zero attached hydrogens (tertiary/aromatic N) is 1. The maximum Gasteiger partial charge on any atom is 0.327 e. The van der Waals surface area contributed by atoms with Gasteiger partial charge in [0.15, 0.2) is 0 Å². The minimum absolute atomic E-state index is 0.317. The van der Waals surface area contributed by atoms with Crippen molar-refractivity contribution in [3.05, 3.63) is 29.8 Å². The third-order valence-electron chi connectivity index (χ3n) is 3.36. The third kappa shape index (κ3) is 3.60. The molecule has 0 radical (unpaired) electrons. The summed E-state index contributed by atoms with van der Waals surface area (Å²) in [6.07, 6.45) is 2.53. The van der Waals surface area contributed by atoms with E-state index in [1.165, 1.54) is 4.90 Å². The van der Waals surface area contributed by atoms with Crippen molar-refractivity contribution < 1.29 is 18.9 Å². The van der Waals surface area contributed by atoms with E-state index in [0.29, 0.717) is 30.8 Å². The summed E-state index contributed by atoms with van der Waals surface area (Å²) in [5, 5.41) is 12.0. The molecule has 2 unspecified atom stereocenters. The molecule has 1 aromatic rings. The molecular formula is C14H18N2O4S. The van der Waals surface area contributed by atoms with Crippen LogP contribution in [-0.2, 0) is 22.0 Å². The van der Waals surface area contributed by atoms with Gasteiger partial charge in [-0.1, -0.05) is 18.2 Å². The van der Waals surface area contributed by atoms with E-state index in [-0.39, 0.29) is 0 Å². The lowest BCUT2D eigenvalue weighted by molar-refractivity contribution is -0.138. The average Bonchev–Trinajstić information content (AvgIpc) is 2.83. The molecule has 2 N–H and O–H groups in total. The van der Waals surface area contributed by atoms with Crippen LogP contribution in [0.3, 0.4) is 0 Å². The fraction of sp³-hybridized carbons (Fsp3) is 0.429. The predicted octanol–water partition coefficient (Wildman–Crippen LogP) is 0.981. The topological polar surface area (TPSA) is 86.7 Å². The second kappa shape index (κ2) is 6.71. The summed E-state index contributed by atoms with van der Waals surface area (Å²) in [5.74, 6) is -0.504.